The second kappa shape index (κ2) is 5.73. The predicted octanol–water partition coefficient (Wildman–Crippen LogP) is 2.96. The van der Waals surface area contributed by atoms with E-state index >= 15 is 0 Å². The van der Waals surface area contributed by atoms with Crippen LogP contribution in [-0.2, 0) is 11.2 Å². The van der Waals surface area contributed by atoms with E-state index in [4.69, 9.17) is 10.1 Å². The zero-order valence-corrected chi connectivity index (χ0v) is 12.8. The first-order valence-corrected chi connectivity index (χ1v) is 7.64. The van der Waals surface area contributed by atoms with Crippen molar-refractivity contribution in [2.45, 2.75) is 12.8 Å². The minimum atomic E-state index is -0.853. The van der Waals surface area contributed by atoms with Gasteiger partial charge in [-0.3, -0.25) is 9.20 Å². The summed E-state index contributed by atoms with van der Waals surface area (Å²) in [6.07, 6.45) is 0.330. The van der Waals surface area contributed by atoms with Crippen LogP contribution in [0, 0.1) is 0 Å². The summed E-state index contributed by atoms with van der Waals surface area (Å²) in [5, 5.41) is 17.5. The Labute approximate surface area is 137 Å². The first kappa shape index (κ1) is 14.3. The molecule has 0 bridgehead atoms. The zero-order chi connectivity index (χ0) is 16.5. The Morgan fingerprint density at radius 1 is 1.00 bits per heavy atom. The van der Waals surface area contributed by atoms with Gasteiger partial charge in [-0.05, 0) is 12.1 Å². The van der Waals surface area contributed by atoms with Gasteiger partial charge in [0.25, 0.3) is 0 Å². The third-order valence-corrected chi connectivity index (χ3v) is 3.91. The molecule has 4 aromatic rings. The average Bonchev–Trinajstić information content (AvgIpc) is 3.04. The zero-order valence-electron chi connectivity index (χ0n) is 12.8. The lowest BCUT2D eigenvalue weighted by molar-refractivity contribution is -0.137. The highest BCUT2D eigenvalue weighted by atomic mass is 16.4. The number of carbonyl (C=O) groups is 1. The van der Waals surface area contributed by atoms with Gasteiger partial charge in [0, 0.05) is 12.0 Å². The van der Waals surface area contributed by atoms with Crippen molar-refractivity contribution >= 4 is 22.6 Å². The Morgan fingerprint density at radius 2 is 1.75 bits per heavy atom. The van der Waals surface area contributed by atoms with Crippen molar-refractivity contribution in [1.82, 2.24) is 19.6 Å². The van der Waals surface area contributed by atoms with E-state index < -0.39 is 5.97 Å². The number of carboxylic acids is 1. The summed E-state index contributed by atoms with van der Waals surface area (Å²) >= 11 is 0. The molecule has 0 aliphatic carbocycles. The molecule has 0 unspecified atom stereocenters. The molecule has 0 aliphatic rings. The van der Waals surface area contributed by atoms with E-state index in [0.29, 0.717) is 17.9 Å². The molecule has 0 saturated heterocycles. The summed E-state index contributed by atoms with van der Waals surface area (Å²) in [6.45, 7) is 0. The Balaban J connectivity index is 2.01. The van der Waals surface area contributed by atoms with Crippen LogP contribution in [0.1, 0.15) is 12.2 Å². The largest absolute Gasteiger partial charge is 0.481 e. The number of hydrogen-bond acceptors (Lipinski definition) is 4. The van der Waals surface area contributed by atoms with E-state index in [1.165, 1.54) is 0 Å². The lowest BCUT2D eigenvalue weighted by atomic mass is 10.1. The monoisotopic (exact) mass is 318 g/mol. The maximum atomic E-state index is 10.9. The van der Waals surface area contributed by atoms with Crippen molar-refractivity contribution in [3.63, 3.8) is 0 Å². The van der Waals surface area contributed by atoms with E-state index in [0.717, 1.165) is 22.3 Å². The van der Waals surface area contributed by atoms with Crippen molar-refractivity contribution in [2.24, 2.45) is 0 Å². The highest BCUT2D eigenvalue weighted by Crippen LogP contribution is 2.26. The fourth-order valence-corrected chi connectivity index (χ4v) is 2.81. The highest BCUT2D eigenvalue weighted by Gasteiger charge is 2.16. The summed E-state index contributed by atoms with van der Waals surface area (Å²) < 4.78 is 1.91. The quantitative estimate of drug-likeness (QED) is 0.625. The van der Waals surface area contributed by atoms with Gasteiger partial charge < -0.3 is 5.11 Å². The van der Waals surface area contributed by atoms with Crippen molar-refractivity contribution < 1.29 is 9.90 Å². The summed E-state index contributed by atoms with van der Waals surface area (Å²) in [4.78, 5) is 15.7. The van der Waals surface area contributed by atoms with Crippen molar-refractivity contribution in [2.75, 3.05) is 0 Å². The van der Waals surface area contributed by atoms with Gasteiger partial charge in [-0.25, -0.2) is 4.98 Å². The molecule has 24 heavy (non-hydrogen) atoms. The van der Waals surface area contributed by atoms with Crippen LogP contribution in [0.15, 0.2) is 54.6 Å². The SMILES string of the molecule is O=C(O)CCc1nnc2c(-c3ccccc3)nc3ccccc3n12. The fraction of sp³-hybridized carbons (Fsp3) is 0.111. The van der Waals surface area contributed by atoms with Crippen LogP contribution < -0.4 is 0 Å². The van der Waals surface area contributed by atoms with Crippen LogP contribution in [0.2, 0.25) is 0 Å². The molecule has 2 heterocycles. The van der Waals surface area contributed by atoms with Crippen molar-refractivity contribution in [1.29, 1.82) is 0 Å². The van der Waals surface area contributed by atoms with Gasteiger partial charge in [0.1, 0.15) is 11.5 Å². The van der Waals surface area contributed by atoms with Crippen LogP contribution >= 0.6 is 0 Å². The molecule has 0 radical (unpaired) electrons. The number of aryl methyl sites for hydroxylation is 1. The number of nitrogens with zero attached hydrogens (tertiary/aromatic N) is 4. The topological polar surface area (TPSA) is 80.4 Å². The average molecular weight is 318 g/mol. The van der Waals surface area contributed by atoms with Crippen molar-refractivity contribution in [3.05, 3.63) is 60.4 Å². The number of fused-ring (bicyclic) bond motifs is 3. The molecule has 6 heteroatoms. The minimum absolute atomic E-state index is 0.0120. The molecule has 0 amide bonds. The van der Waals surface area contributed by atoms with E-state index in [-0.39, 0.29) is 6.42 Å². The van der Waals surface area contributed by atoms with E-state index in [9.17, 15) is 4.79 Å². The van der Waals surface area contributed by atoms with E-state index in [2.05, 4.69) is 10.2 Å². The molecule has 118 valence electrons. The standard InChI is InChI=1S/C18H14N4O2/c23-16(24)11-10-15-20-21-18-17(12-6-2-1-3-7-12)19-13-8-4-5-9-14(13)22(15)18/h1-9H,10-11H2,(H,23,24). The first-order chi connectivity index (χ1) is 11.7. The van der Waals surface area contributed by atoms with Crippen LogP contribution in [0.4, 0.5) is 0 Å². The number of aliphatic carboxylic acids is 1. The van der Waals surface area contributed by atoms with Gasteiger partial charge in [-0.15, -0.1) is 10.2 Å². The minimum Gasteiger partial charge on any atom is -0.481 e. The lowest BCUT2D eigenvalue weighted by Gasteiger charge is -2.08. The Morgan fingerprint density at radius 3 is 2.54 bits per heavy atom. The molecule has 6 nitrogen and oxygen atoms in total. The molecule has 4 rings (SSSR count). The van der Waals surface area contributed by atoms with Crippen LogP contribution in [0.25, 0.3) is 27.9 Å². The maximum absolute atomic E-state index is 10.9. The third kappa shape index (κ3) is 2.38. The molecule has 1 N–H and O–H groups in total. The molecule has 2 aromatic heterocycles. The van der Waals surface area contributed by atoms with Gasteiger partial charge in [-0.2, -0.15) is 0 Å². The molecule has 0 fully saturated rings. The molecule has 2 aromatic carbocycles. The predicted molar refractivity (Wildman–Crippen MR) is 89.7 cm³/mol. The summed E-state index contributed by atoms with van der Waals surface area (Å²) in [6, 6.07) is 17.5. The highest BCUT2D eigenvalue weighted by molar-refractivity contribution is 5.85. The van der Waals surface area contributed by atoms with E-state index in [1.54, 1.807) is 0 Å². The Bertz CT molecular complexity index is 1040. The molecular formula is C18H14N4O2. The number of hydrogen-bond donors (Lipinski definition) is 1. The van der Waals surface area contributed by atoms with E-state index in [1.807, 2.05) is 59.0 Å². The molecule has 0 spiro atoms. The van der Waals surface area contributed by atoms with Gasteiger partial charge in [-0.1, -0.05) is 42.5 Å². The number of para-hydroxylation sites is 2. The summed E-state index contributed by atoms with van der Waals surface area (Å²) in [5.74, 6) is -0.225. The van der Waals surface area contributed by atoms with Gasteiger partial charge in [0.15, 0.2) is 5.65 Å². The second-order valence-electron chi connectivity index (χ2n) is 5.48. The van der Waals surface area contributed by atoms with Crippen LogP contribution in [0.3, 0.4) is 0 Å². The van der Waals surface area contributed by atoms with Gasteiger partial charge in [0.2, 0.25) is 0 Å². The molecule has 0 saturated carbocycles. The first-order valence-electron chi connectivity index (χ1n) is 7.64. The van der Waals surface area contributed by atoms with Crippen LogP contribution in [0.5, 0.6) is 0 Å². The Kier molecular flexibility index (Phi) is 3.42. The maximum Gasteiger partial charge on any atom is 0.303 e. The summed E-state index contributed by atoms with van der Waals surface area (Å²) in [7, 11) is 0. The third-order valence-electron chi connectivity index (χ3n) is 3.91. The Hall–Kier alpha value is -3.28. The lowest BCUT2D eigenvalue weighted by Crippen LogP contribution is -2.03. The normalized spacial score (nSPS) is 11.2. The fourth-order valence-electron chi connectivity index (χ4n) is 2.81. The second-order valence-corrected chi connectivity index (χ2v) is 5.48. The van der Waals surface area contributed by atoms with Crippen molar-refractivity contribution in [3.8, 4) is 11.3 Å². The molecule has 0 aliphatic heterocycles. The number of aromatic nitrogens is 4. The summed E-state index contributed by atoms with van der Waals surface area (Å²) in [5.41, 5.74) is 4.02. The van der Waals surface area contributed by atoms with Gasteiger partial charge in [0.05, 0.1) is 17.5 Å². The number of carboxylic acid groups (broad SMARTS) is 1. The molecular weight excluding hydrogens is 304 g/mol. The smallest absolute Gasteiger partial charge is 0.303 e. The molecule has 0 atom stereocenters. The van der Waals surface area contributed by atoms with Crippen LogP contribution in [-0.4, -0.2) is 30.7 Å². The van der Waals surface area contributed by atoms with Gasteiger partial charge >= 0.3 is 5.97 Å². The number of rotatable bonds is 4. The number of benzene rings is 2.